The molecule has 0 saturated heterocycles. The molecule has 0 aromatic carbocycles. The highest BCUT2D eigenvalue weighted by Crippen LogP contribution is 2.45. The van der Waals surface area contributed by atoms with Crippen molar-refractivity contribution in [2.45, 2.75) is 394 Å². The first-order valence-electron chi connectivity index (χ1n) is 38.0. The number of ether oxygens (including phenoxy) is 4. The van der Waals surface area contributed by atoms with E-state index in [9.17, 15) is 43.2 Å². The first-order valence-corrected chi connectivity index (χ1v) is 41.0. The Morgan fingerprint density at radius 1 is 0.293 bits per heavy atom. The van der Waals surface area contributed by atoms with E-state index in [1.807, 2.05) is 0 Å². The molecule has 0 aliphatic heterocycles. The summed E-state index contributed by atoms with van der Waals surface area (Å²) in [5.41, 5.74) is 0. The Hall–Kier alpha value is -1.94. The van der Waals surface area contributed by atoms with Gasteiger partial charge in [-0.15, -0.1) is 0 Å². The Bertz CT molecular complexity index is 1790. The smallest absolute Gasteiger partial charge is 0.462 e. The molecule has 0 aromatic heterocycles. The molecule has 3 N–H and O–H groups in total. The fourth-order valence-electron chi connectivity index (χ4n) is 11.1. The lowest BCUT2D eigenvalue weighted by molar-refractivity contribution is -0.161. The summed E-state index contributed by atoms with van der Waals surface area (Å²) in [4.78, 5) is 72.4. The molecule has 0 radical (unpaired) electrons. The summed E-state index contributed by atoms with van der Waals surface area (Å²) < 4.78 is 68.2. The molecule has 92 heavy (non-hydrogen) atoms. The van der Waals surface area contributed by atoms with Gasteiger partial charge in [-0.2, -0.15) is 0 Å². The largest absolute Gasteiger partial charge is 0.472 e. The maximum Gasteiger partial charge on any atom is 0.472 e. The van der Waals surface area contributed by atoms with Gasteiger partial charge in [0, 0.05) is 25.7 Å². The van der Waals surface area contributed by atoms with Crippen molar-refractivity contribution in [3.8, 4) is 0 Å². The van der Waals surface area contributed by atoms with Gasteiger partial charge in [0.05, 0.1) is 26.4 Å². The predicted octanol–water partition coefficient (Wildman–Crippen LogP) is 21.2. The molecule has 546 valence electrons. The van der Waals surface area contributed by atoms with Crippen molar-refractivity contribution < 1.29 is 80.2 Å². The van der Waals surface area contributed by atoms with E-state index >= 15 is 0 Å². The van der Waals surface area contributed by atoms with Crippen LogP contribution >= 0.6 is 15.6 Å². The number of hydrogen-bond acceptors (Lipinski definition) is 15. The number of hydrogen-bond donors (Lipinski definition) is 3. The molecule has 0 aliphatic carbocycles. The molecule has 0 rings (SSSR count). The topological polar surface area (TPSA) is 237 Å². The van der Waals surface area contributed by atoms with Crippen LogP contribution in [0.15, 0.2) is 0 Å². The van der Waals surface area contributed by atoms with E-state index < -0.39 is 97.5 Å². The van der Waals surface area contributed by atoms with Crippen molar-refractivity contribution in [1.29, 1.82) is 0 Å². The zero-order valence-electron chi connectivity index (χ0n) is 59.9. The van der Waals surface area contributed by atoms with Crippen LogP contribution in [0.4, 0.5) is 0 Å². The van der Waals surface area contributed by atoms with E-state index in [1.165, 1.54) is 186 Å². The molecule has 5 atom stereocenters. The molecule has 0 spiro atoms. The monoisotopic (exact) mass is 1350 g/mol. The summed E-state index contributed by atoms with van der Waals surface area (Å²) in [5.74, 6) is -0.614. The molecule has 17 nitrogen and oxygen atoms in total. The Labute approximate surface area is 562 Å². The van der Waals surface area contributed by atoms with Gasteiger partial charge in [0.2, 0.25) is 0 Å². The summed E-state index contributed by atoms with van der Waals surface area (Å²) >= 11 is 0. The van der Waals surface area contributed by atoms with Crippen molar-refractivity contribution in [2.24, 2.45) is 11.8 Å². The number of phosphoric ester groups is 2. The van der Waals surface area contributed by atoms with Crippen molar-refractivity contribution in [3.63, 3.8) is 0 Å². The number of aliphatic hydroxyl groups excluding tert-OH is 1. The van der Waals surface area contributed by atoms with Crippen LogP contribution in [0.25, 0.3) is 0 Å². The van der Waals surface area contributed by atoms with E-state index in [0.29, 0.717) is 25.7 Å². The SMILES string of the molecule is CCCCCCCCCCCCCCCCCCCCCCC(=O)O[C@H](COC(=O)CCCCCCCCCCCCCCC(C)C)COP(=O)(O)OC[C@@H](O)COP(=O)(O)OC[C@@H](COC(=O)CCCCCCC)OC(=O)CCCCCCCCCCCC(C)C. The molecular formula is C73H142O17P2. The average molecular weight is 1350 g/mol. The van der Waals surface area contributed by atoms with E-state index in [2.05, 4.69) is 41.5 Å². The third-order valence-corrected chi connectivity index (χ3v) is 18.9. The lowest BCUT2D eigenvalue weighted by Gasteiger charge is -2.21. The second kappa shape index (κ2) is 65.0. The quantitative estimate of drug-likeness (QED) is 0.0222. The number of aliphatic hydroxyl groups is 1. The van der Waals surface area contributed by atoms with Gasteiger partial charge in [0.25, 0.3) is 0 Å². The van der Waals surface area contributed by atoms with Gasteiger partial charge in [-0.3, -0.25) is 37.3 Å². The summed E-state index contributed by atoms with van der Waals surface area (Å²) in [5, 5.41) is 10.6. The fourth-order valence-corrected chi connectivity index (χ4v) is 12.7. The van der Waals surface area contributed by atoms with Crippen LogP contribution in [-0.2, 0) is 65.4 Å². The molecule has 0 aliphatic rings. The van der Waals surface area contributed by atoms with Crippen LogP contribution in [0.2, 0.25) is 0 Å². The maximum atomic E-state index is 13.1. The Morgan fingerprint density at radius 3 is 0.739 bits per heavy atom. The van der Waals surface area contributed by atoms with E-state index in [1.54, 1.807) is 0 Å². The summed E-state index contributed by atoms with van der Waals surface area (Å²) in [7, 11) is -9.90. The molecule has 2 unspecified atom stereocenters. The highest BCUT2D eigenvalue weighted by Gasteiger charge is 2.30. The third-order valence-electron chi connectivity index (χ3n) is 17.0. The molecule has 19 heteroatoms. The summed E-state index contributed by atoms with van der Waals surface area (Å²) in [6.07, 6.45) is 51.9. The minimum Gasteiger partial charge on any atom is -0.462 e. The molecule has 0 saturated carbocycles. The number of esters is 4. The number of unbranched alkanes of at least 4 members (excludes halogenated alkanes) is 42. The Balaban J connectivity index is 5.13. The Morgan fingerprint density at radius 2 is 0.500 bits per heavy atom. The van der Waals surface area contributed by atoms with E-state index in [0.717, 1.165) is 108 Å². The number of carbonyl (C=O) groups is 4. The van der Waals surface area contributed by atoms with Gasteiger partial charge in [-0.1, -0.05) is 324 Å². The van der Waals surface area contributed by atoms with Gasteiger partial charge < -0.3 is 33.8 Å². The molecular weight excluding hydrogens is 1210 g/mol. The lowest BCUT2D eigenvalue weighted by atomic mass is 10.0. The number of phosphoric acid groups is 2. The van der Waals surface area contributed by atoms with Gasteiger partial charge in [-0.25, -0.2) is 9.13 Å². The highest BCUT2D eigenvalue weighted by atomic mass is 31.2. The zero-order valence-corrected chi connectivity index (χ0v) is 61.6. The standard InChI is InChI=1S/C73H142O17P2/c1-7-9-11-13-14-15-16-17-18-19-20-21-22-23-24-29-34-39-45-51-57-72(77)90-69(62-84-71(76)56-50-44-38-33-28-26-25-27-31-36-42-47-53-65(3)4)64-88-92(81,82)86-60-67(74)59-85-91(79,80)87-63-68(61-83-70(75)55-49-41-12-10-8-2)89-73(78)58-52-46-40-35-30-32-37-43-48-54-66(5)6/h65-69,74H,7-64H2,1-6H3,(H,79,80)(H,81,82)/t67-,68+,69+/m0/s1. The minimum atomic E-state index is -4.95. The van der Waals surface area contributed by atoms with E-state index in [4.69, 9.17) is 37.0 Å². The van der Waals surface area contributed by atoms with Gasteiger partial charge in [-0.05, 0) is 37.5 Å². The summed E-state index contributed by atoms with van der Waals surface area (Å²) in [6.45, 7) is 9.47. The third kappa shape index (κ3) is 66.7. The van der Waals surface area contributed by atoms with Crippen molar-refractivity contribution in [3.05, 3.63) is 0 Å². The van der Waals surface area contributed by atoms with Gasteiger partial charge in [0.1, 0.15) is 19.3 Å². The lowest BCUT2D eigenvalue weighted by Crippen LogP contribution is -2.30. The Kier molecular flexibility index (Phi) is 63.7. The van der Waals surface area contributed by atoms with Gasteiger partial charge in [0.15, 0.2) is 12.2 Å². The minimum absolute atomic E-state index is 0.104. The van der Waals surface area contributed by atoms with Crippen molar-refractivity contribution >= 4 is 39.5 Å². The second-order valence-corrected chi connectivity index (χ2v) is 30.2. The van der Waals surface area contributed by atoms with E-state index in [-0.39, 0.29) is 25.7 Å². The van der Waals surface area contributed by atoms with Crippen LogP contribution in [0.3, 0.4) is 0 Å². The fraction of sp³-hybridized carbons (Fsp3) is 0.945. The first kappa shape index (κ1) is 90.1. The molecule has 0 heterocycles. The molecule has 0 aromatic rings. The maximum absolute atomic E-state index is 13.1. The molecule has 0 bridgehead atoms. The summed E-state index contributed by atoms with van der Waals surface area (Å²) in [6, 6.07) is 0. The number of carbonyl (C=O) groups excluding carboxylic acids is 4. The van der Waals surface area contributed by atoms with Crippen LogP contribution < -0.4 is 0 Å². The highest BCUT2D eigenvalue weighted by molar-refractivity contribution is 7.47. The van der Waals surface area contributed by atoms with Gasteiger partial charge >= 0.3 is 39.5 Å². The average Bonchev–Trinajstić information content (AvgIpc) is 1.79. The molecule has 0 fully saturated rings. The predicted molar refractivity (Wildman–Crippen MR) is 372 cm³/mol. The van der Waals surface area contributed by atoms with Crippen LogP contribution in [0, 0.1) is 11.8 Å². The first-order chi connectivity index (χ1) is 44.4. The zero-order chi connectivity index (χ0) is 67.9. The van der Waals surface area contributed by atoms with Crippen molar-refractivity contribution in [1.82, 2.24) is 0 Å². The number of rotatable bonds is 72. The molecule has 0 amide bonds. The normalized spacial score (nSPS) is 14.1. The van der Waals surface area contributed by atoms with Crippen LogP contribution in [0.5, 0.6) is 0 Å². The van der Waals surface area contributed by atoms with Crippen LogP contribution in [-0.4, -0.2) is 96.7 Å². The van der Waals surface area contributed by atoms with Crippen LogP contribution in [0.1, 0.15) is 375 Å². The second-order valence-electron chi connectivity index (χ2n) is 27.3. The van der Waals surface area contributed by atoms with Crippen molar-refractivity contribution in [2.75, 3.05) is 39.6 Å².